The second kappa shape index (κ2) is 5.01. The van der Waals surface area contributed by atoms with Crippen molar-refractivity contribution >= 4 is 24.0 Å². The molecule has 13 heavy (non-hydrogen) atoms. The maximum absolute atomic E-state index is 4.61. The maximum atomic E-state index is 4.61. The van der Waals surface area contributed by atoms with Crippen LogP contribution in [0.3, 0.4) is 0 Å². The van der Waals surface area contributed by atoms with Gasteiger partial charge in [-0.25, -0.2) is 4.98 Å². The number of hydrogen-bond acceptors (Lipinski definition) is 3. The first kappa shape index (κ1) is 11.1. The van der Waals surface area contributed by atoms with Crippen molar-refractivity contribution in [2.75, 3.05) is 5.75 Å². The van der Waals surface area contributed by atoms with Crippen molar-refractivity contribution in [3.05, 3.63) is 16.1 Å². The van der Waals surface area contributed by atoms with E-state index in [0.717, 1.165) is 12.2 Å². The Morgan fingerprint density at radius 1 is 1.46 bits per heavy atom. The molecule has 0 fully saturated rings. The summed E-state index contributed by atoms with van der Waals surface area (Å²) in [7, 11) is 0. The van der Waals surface area contributed by atoms with Gasteiger partial charge in [0.25, 0.3) is 0 Å². The van der Waals surface area contributed by atoms with Crippen molar-refractivity contribution in [3.8, 4) is 0 Å². The van der Waals surface area contributed by atoms with E-state index in [2.05, 4.69) is 43.8 Å². The Labute approximate surface area is 90.0 Å². The molecular weight excluding hydrogens is 198 g/mol. The zero-order valence-electron chi connectivity index (χ0n) is 8.45. The van der Waals surface area contributed by atoms with Gasteiger partial charge in [0, 0.05) is 11.3 Å². The molecule has 1 aromatic rings. The minimum atomic E-state index is 0.549. The van der Waals surface area contributed by atoms with E-state index < -0.39 is 0 Å². The van der Waals surface area contributed by atoms with Gasteiger partial charge in [0.2, 0.25) is 0 Å². The number of rotatable bonds is 4. The van der Waals surface area contributed by atoms with Crippen LogP contribution in [0.2, 0.25) is 0 Å². The molecule has 1 aromatic heterocycles. The molecule has 1 nitrogen and oxygen atoms in total. The third-order valence-corrected chi connectivity index (χ3v) is 3.47. The summed E-state index contributed by atoms with van der Waals surface area (Å²) in [5.41, 5.74) is 1.23. The monoisotopic (exact) mass is 215 g/mol. The summed E-state index contributed by atoms with van der Waals surface area (Å²) in [5.74, 6) is 2.06. The molecule has 0 radical (unpaired) electrons. The minimum Gasteiger partial charge on any atom is -0.246 e. The fourth-order valence-corrected chi connectivity index (χ4v) is 2.57. The van der Waals surface area contributed by atoms with Crippen LogP contribution < -0.4 is 0 Å². The molecule has 1 unspecified atom stereocenters. The van der Waals surface area contributed by atoms with Gasteiger partial charge in [-0.2, -0.15) is 12.6 Å². The molecule has 1 rings (SSSR count). The molecule has 0 saturated carbocycles. The van der Waals surface area contributed by atoms with Crippen LogP contribution in [0.15, 0.2) is 5.38 Å². The average molecular weight is 215 g/mol. The van der Waals surface area contributed by atoms with Gasteiger partial charge in [0.1, 0.15) is 0 Å². The summed E-state index contributed by atoms with van der Waals surface area (Å²) >= 11 is 6.02. The number of nitrogens with zero attached hydrogens (tertiary/aromatic N) is 1. The highest BCUT2D eigenvalue weighted by Crippen LogP contribution is 2.25. The highest BCUT2D eigenvalue weighted by atomic mass is 32.1. The lowest BCUT2D eigenvalue weighted by Crippen LogP contribution is -1.95. The standard InChI is InChI=1S/C10H17NS2/c1-7(2)9-6-13-10(11-9)8(3)4-5-12/h6-8,12H,4-5H2,1-3H3. The molecule has 0 aromatic carbocycles. The Morgan fingerprint density at radius 2 is 2.15 bits per heavy atom. The molecule has 74 valence electrons. The lowest BCUT2D eigenvalue weighted by Gasteiger charge is -2.04. The van der Waals surface area contributed by atoms with Crippen LogP contribution in [0, 0.1) is 0 Å². The van der Waals surface area contributed by atoms with Crippen molar-refractivity contribution in [1.82, 2.24) is 4.98 Å². The lowest BCUT2D eigenvalue weighted by molar-refractivity contribution is 0.721. The highest BCUT2D eigenvalue weighted by molar-refractivity contribution is 7.80. The zero-order valence-corrected chi connectivity index (χ0v) is 10.2. The third kappa shape index (κ3) is 2.99. The summed E-state index contributed by atoms with van der Waals surface area (Å²) < 4.78 is 0. The van der Waals surface area contributed by atoms with Gasteiger partial charge < -0.3 is 0 Å². The molecule has 0 aliphatic rings. The van der Waals surface area contributed by atoms with Gasteiger partial charge in [-0.05, 0) is 18.1 Å². The number of thiol groups is 1. The van der Waals surface area contributed by atoms with Crippen molar-refractivity contribution in [2.24, 2.45) is 0 Å². The molecule has 0 spiro atoms. The van der Waals surface area contributed by atoms with Crippen LogP contribution in [0.5, 0.6) is 0 Å². The second-order valence-electron chi connectivity index (χ2n) is 3.68. The molecule has 1 atom stereocenters. The lowest BCUT2D eigenvalue weighted by atomic mass is 10.1. The highest BCUT2D eigenvalue weighted by Gasteiger charge is 2.10. The Bertz CT molecular complexity index is 255. The van der Waals surface area contributed by atoms with Gasteiger partial charge in [0.15, 0.2) is 0 Å². The smallest absolute Gasteiger partial charge is 0.0956 e. The average Bonchev–Trinajstić information content (AvgIpc) is 2.52. The van der Waals surface area contributed by atoms with Crippen molar-refractivity contribution in [2.45, 2.75) is 39.0 Å². The van der Waals surface area contributed by atoms with E-state index in [4.69, 9.17) is 0 Å². The van der Waals surface area contributed by atoms with Gasteiger partial charge >= 0.3 is 0 Å². The predicted molar refractivity (Wildman–Crippen MR) is 63.1 cm³/mol. The van der Waals surface area contributed by atoms with Gasteiger partial charge in [-0.3, -0.25) is 0 Å². The van der Waals surface area contributed by atoms with Crippen molar-refractivity contribution < 1.29 is 0 Å². The first-order chi connectivity index (χ1) is 6.15. The first-order valence-electron chi connectivity index (χ1n) is 4.71. The molecule has 0 N–H and O–H groups in total. The molecule has 0 aliphatic carbocycles. The normalized spacial score (nSPS) is 13.6. The van der Waals surface area contributed by atoms with E-state index in [9.17, 15) is 0 Å². The topological polar surface area (TPSA) is 12.9 Å². The quantitative estimate of drug-likeness (QED) is 0.756. The molecular formula is C10H17NS2. The summed E-state index contributed by atoms with van der Waals surface area (Å²) in [4.78, 5) is 4.61. The van der Waals surface area contributed by atoms with E-state index in [-0.39, 0.29) is 0 Å². The van der Waals surface area contributed by atoms with Crippen LogP contribution in [-0.2, 0) is 0 Å². The molecule has 0 amide bonds. The summed E-state index contributed by atoms with van der Waals surface area (Å²) in [6, 6.07) is 0. The fraction of sp³-hybridized carbons (Fsp3) is 0.700. The van der Waals surface area contributed by atoms with Crippen LogP contribution >= 0.6 is 24.0 Å². The molecule has 0 saturated heterocycles. The minimum absolute atomic E-state index is 0.549. The van der Waals surface area contributed by atoms with Crippen molar-refractivity contribution in [1.29, 1.82) is 0 Å². The Kier molecular flexibility index (Phi) is 4.26. The SMILES string of the molecule is CC(C)c1csc(C(C)CCS)n1. The van der Waals surface area contributed by atoms with E-state index in [0.29, 0.717) is 11.8 Å². The van der Waals surface area contributed by atoms with E-state index >= 15 is 0 Å². The van der Waals surface area contributed by atoms with Crippen LogP contribution in [0.25, 0.3) is 0 Å². The van der Waals surface area contributed by atoms with E-state index in [1.807, 2.05) is 0 Å². The summed E-state index contributed by atoms with van der Waals surface area (Å²) in [6.07, 6.45) is 1.12. The molecule has 0 bridgehead atoms. The largest absolute Gasteiger partial charge is 0.246 e. The third-order valence-electron chi connectivity index (χ3n) is 2.11. The molecule has 0 aliphatic heterocycles. The van der Waals surface area contributed by atoms with Crippen LogP contribution in [0.1, 0.15) is 49.7 Å². The van der Waals surface area contributed by atoms with Gasteiger partial charge in [-0.15, -0.1) is 11.3 Å². The van der Waals surface area contributed by atoms with Crippen LogP contribution in [0.4, 0.5) is 0 Å². The molecule has 1 heterocycles. The Balaban J connectivity index is 2.67. The van der Waals surface area contributed by atoms with Crippen LogP contribution in [-0.4, -0.2) is 10.7 Å². The van der Waals surface area contributed by atoms with Gasteiger partial charge in [0.05, 0.1) is 10.7 Å². The zero-order chi connectivity index (χ0) is 9.84. The van der Waals surface area contributed by atoms with E-state index in [1.165, 1.54) is 10.7 Å². The maximum Gasteiger partial charge on any atom is 0.0956 e. The molecule has 3 heteroatoms. The summed E-state index contributed by atoms with van der Waals surface area (Å²) in [5, 5.41) is 3.44. The number of aromatic nitrogens is 1. The number of thiazole rings is 1. The number of hydrogen-bond donors (Lipinski definition) is 1. The van der Waals surface area contributed by atoms with Crippen molar-refractivity contribution in [3.63, 3.8) is 0 Å². The Morgan fingerprint density at radius 3 is 2.62 bits per heavy atom. The fourth-order valence-electron chi connectivity index (χ4n) is 1.11. The predicted octanol–water partition coefficient (Wildman–Crippen LogP) is 3.69. The summed E-state index contributed by atoms with van der Waals surface area (Å²) in [6.45, 7) is 6.59. The first-order valence-corrected chi connectivity index (χ1v) is 6.22. The second-order valence-corrected chi connectivity index (χ2v) is 5.02. The Hall–Kier alpha value is -0.0200. The van der Waals surface area contributed by atoms with Gasteiger partial charge in [-0.1, -0.05) is 20.8 Å². The van der Waals surface area contributed by atoms with E-state index in [1.54, 1.807) is 11.3 Å².